The molecule has 1 saturated heterocycles. The number of ketones is 1. The number of nitrogens with one attached hydrogen (secondary N) is 1. The van der Waals surface area contributed by atoms with Crippen LogP contribution in [0, 0.1) is 0 Å². The zero-order valence-electron chi connectivity index (χ0n) is 15.1. The van der Waals surface area contributed by atoms with Gasteiger partial charge in [0.25, 0.3) is 5.91 Å². The standard InChI is InChI=1S/C20H20ClN3O3/c1-23(2)11-12-24-17(13-3-5-15(21)6-4-13)16(19(26)20(24)27)18(25)14-7-9-22-10-8-14/h3-10,17,25H,11-12H2,1-2H3. The number of carbonyl (C=O) groups is 2. The number of carbonyl (C=O) groups excluding carboxylic acids is 2. The number of amides is 1. The molecule has 1 amide bonds. The van der Waals surface area contributed by atoms with Crippen molar-refractivity contribution in [1.29, 1.82) is 0 Å². The van der Waals surface area contributed by atoms with Gasteiger partial charge < -0.3 is 14.9 Å². The van der Waals surface area contributed by atoms with E-state index in [-0.39, 0.29) is 5.57 Å². The van der Waals surface area contributed by atoms with Crippen LogP contribution in [0.25, 0.3) is 5.76 Å². The maximum Gasteiger partial charge on any atom is 0.295 e. The molecule has 1 aromatic heterocycles. The van der Waals surface area contributed by atoms with E-state index in [1.807, 2.05) is 14.1 Å². The van der Waals surface area contributed by atoms with Gasteiger partial charge in [0.1, 0.15) is 0 Å². The molecule has 1 aromatic carbocycles. The molecule has 0 saturated carbocycles. The van der Waals surface area contributed by atoms with E-state index in [9.17, 15) is 14.7 Å². The summed E-state index contributed by atoms with van der Waals surface area (Å²) in [5.41, 5.74) is 0.993. The zero-order chi connectivity index (χ0) is 19.6. The Kier molecular flexibility index (Phi) is 5.58. The van der Waals surface area contributed by atoms with Crippen LogP contribution in [0.1, 0.15) is 17.2 Å². The third-order valence-corrected chi connectivity index (χ3v) is 4.76. The summed E-state index contributed by atoms with van der Waals surface area (Å²) in [7, 11) is 3.93. The minimum atomic E-state index is -0.745. The SMILES string of the molecule is C[NH+](C)CCN1C(=O)C(=O)C(=C([O-])c2ccncc2)C1c1ccc(Cl)cc1. The molecule has 7 heteroatoms. The highest BCUT2D eigenvalue weighted by Crippen LogP contribution is 2.38. The number of likely N-dealkylation sites (N-methyl/N-ethyl adjacent to an activating group) is 1. The molecule has 3 rings (SSSR count). The first-order valence-corrected chi connectivity index (χ1v) is 8.99. The Labute approximate surface area is 162 Å². The summed E-state index contributed by atoms with van der Waals surface area (Å²) < 4.78 is 0. The van der Waals surface area contributed by atoms with E-state index in [1.54, 1.807) is 36.4 Å². The van der Waals surface area contributed by atoms with Gasteiger partial charge in [0.05, 0.1) is 33.2 Å². The fourth-order valence-electron chi connectivity index (χ4n) is 3.10. The summed E-state index contributed by atoms with van der Waals surface area (Å²) in [5, 5.41) is 13.6. The molecular formula is C20H20ClN3O3. The van der Waals surface area contributed by atoms with Crippen LogP contribution < -0.4 is 10.0 Å². The molecule has 1 aliphatic rings. The smallest absolute Gasteiger partial charge is 0.295 e. The van der Waals surface area contributed by atoms with Gasteiger partial charge in [0.2, 0.25) is 5.78 Å². The van der Waals surface area contributed by atoms with Crippen molar-refractivity contribution in [3.63, 3.8) is 0 Å². The highest BCUT2D eigenvalue weighted by Gasteiger charge is 2.44. The molecule has 140 valence electrons. The first-order valence-electron chi connectivity index (χ1n) is 8.61. The number of hydrogen-bond acceptors (Lipinski definition) is 4. The normalized spacial score (nSPS) is 19.1. The Morgan fingerprint density at radius 1 is 1.15 bits per heavy atom. The molecule has 1 fully saturated rings. The highest BCUT2D eigenvalue weighted by molar-refractivity contribution is 6.46. The first kappa shape index (κ1) is 19.1. The summed E-state index contributed by atoms with van der Waals surface area (Å²) >= 11 is 5.98. The van der Waals surface area contributed by atoms with Crippen molar-refractivity contribution in [1.82, 2.24) is 9.88 Å². The molecule has 1 unspecified atom stereocenters. The number of nitrogens with zero attached hydrogens (tertiary/aromatic N) is 2. The predicted molar refractivity (Wildman–Crippen MR) is 99.7 cm³/mol. The zero-order valence-corrected chi connectivity index (χ0v) is 15.9. The van der Waals surface area contributed by atoms with Crippen molar-refractivity contribution in [2.24, 2.45) is 0 Å². The molecule has 0 bridgehead atoms. The van der Waals surface area contributed by atoms with Crippen LogP contribution in [-0.2, 0) is 9.59 Å². The molecule has 27 heavy (non-hydrogen) atoms. The molecular weight excluding hydrogens is 366 g/mol. The second kappa shape index (κ2) is 7.90. The number of hydrogen-bond donors (Lipinski definition) is 1. The van der Waals surface area contributed by atoms with Gasteiger partial charge in [-0.2, -0.15) is 0 Å². The number of pyridine rings is 1. The Balaban J connectivity index is 2.13. The van der Waals surface area contributed by atoms with E-state index in [0.717, 1.165) is 4.90 Å². The monoisotopic (exact) mass is 385 g/mol. The molecule has 0 aliphatic carbocycles. The topological polar surface area (TPSA) is 77.8 Å². The van der Waals surface area contributed by atoms with Gasteiger partial charge in [0.15, 0.2) is 0 Å². The van der Waals surface area contributed by atoms with Gasteiger partial charge in [-0.1, -0.05) is 29.5 Å². The number of likely N-dealkylation sites (tertiary alicyclic amines) is 1. The van der Waals surface area contributed by atoms with Crippen LogP contribution in [0.3, 0.4) is 0 Å². The molecule has 1 N–H and O–H groups in total. The first-order chi connectivity index (χ1) is 12.9. The van der Waals surface area contributed by atoms with Crippen LogP contribution in [0.2, 0.25) is 5.02 Å². The molecule has 6 nitrogen and oxygen atoms in total. The lowest BCUT2D eigenvalue weighted by atomic mass is 9.95. The third-order valence-electron chi connectivity index (χ3n) is 4.51. The Hall–Kier alpha value is -2.70. The molecule has 1 atom stereocenters. The number of Topliss-reactive ketones (excluding diaryl/α,β-unsaturated/α-hetero) is 1. The molecule has 1 aliphatic heterocycles. The predicted octanol–water partition coefficient (Wildman–Crippen LogP) is 0.104. The van der Waals surface area contributed by atoms with Crippen LogP contribution in [0.15, 0.2) is 54.4 Å². The largest absolute Gasteiger partial charge is 0.872 e. The quantitative estimate of drug-likeness (QED) is 0.450. The average molecular weight is 386 g/mol. The molecule has 0 spiro atoms. The van der Waals surface area contributed by atoms with Crippen molar-refractivity contribution < 1.29 is 19.6 Å². The maximum atomic E-state index is 13.0. The van der Waals surface area contributed by atoms with Crippen molar-refractivity contribution >= 4 is 29.1 Å². The number of halogens is 1. The van der Waals surface area contributed by atoms with Gasteiger partial charge in [-0.05, 0) is 35.4 Å². The number of benzene rings is 1. The fraction of sp³-hybridized carbons (Fsp3) is 0.250. The maximum absolute atomic E-state index is 13.0. The number of rotatable bonds is 5. The van der Waals surface area contributed by atoms with E-state index in [2.05, 4.69) is 4.98 Å². The van der Waals surface area contributed by atoms with Gasteiger partial charge in [-0.15, -0.1) is 0 Å². The van der Waals surface area contributed by atoms with E-state index in [4.69, 9.17) is 11.6 Å². The van der Waals surface area contributed by atoms with Crippen LogP contribution in [0.5, 0.6) is 0 Å². The van der Waals surface area contributed by atoms with Crippen molar-refractivity contribution in [2.45, 2.75) is 6.04 Å². The van der Waals surface area contributed by atoms with Crippen molar-refractivity contribution in [3.05, 3.63) is 70.5 Å². The van der Waals surface area contributed by atoms with Crippen LogP contribution >= 0.6 is 11.6 Å². The second-order valence-electron chi connectivity index (χ2n) is 6.72. The number of quaternary nitrogens is 1. The van der Waals surface area contributed by atoms with Crippen molar-refractivity contribution in [2.75, 3.05) is 27.2 Å². The van der Waals surface area contributed by atoms with Gasteiger partial charge >= 0.3 is 0 Å². The second-order valence-corrected chi connectivity index (χ2v) is 7.15. The Morgan fingerprint density at radius 2 is 1.78 bits per heavy atom. The van der Waals surface area contributed by atoms with Crippen LogP contribution in [0.4, 0.5) is 0 Å². The third kappa shape index (κ3) is 3.86. The Bertz CT molecular complexity index is 879. The Morgan fingerprint density at radius 3 is 2.37 bits per heavy atom. The molecule has 0 radical (unpaired) electrons. The van der Waals surface area contributed by atoms with Gasteiger partial charge in [-0.3, -0.25) is 14.6 Å². The van der Waals surface area contributed by atoms with E-state index in [1.165, 1.54) is 17.3 Å². The summed E-state index contributed by atoms with van der Waals surface area (Å²) in [6.45, 7) is 1.02. The summed E-state index contributed by atoms with van der Waals surface area (Å²) in [4.78, 5) is 31.9. The van der Waals surface area contributed by atoms with E-state index in [0.29, 0.717) is 29.2 Å². The van der Waals surface area contributed by atoms with E-state index < -0.39 is 23.5 Å². The average Bonchev–Trinajstić information content (AvgIpc) is 2.91. The fourth-order valence-corrected chi connectivity index (χ4v) is 3.22. The number of aromatic nitrogens is 1. The summed E-state index contributed by atoms with van der Waals surface area (Å²) in [6, 6.07) is 9.23. The summed E-state index contributed by atoms with van der Waals surface area (Å²) in [6.07, 6.45) is 2.97. The lowest BCUT2D eigenvalue weighted by Crippen LogP contribution is -3.06. The minimum absolute atomic E-state index is 0.0257. The van der Waals surface area contributed by atoms with Gasteiger partial charge in [0, 0.05) is 23.0 Å². The van der Waals surface area contributed by atoms with Gasteiger partial charge in [-0.25, -0.2) is 0 Å². The lowest BCUT2D eigenvalue weighted by Gasteiger charge is -2.27. The van der Waals surface area contributed by atoms with Crippen LogP contribution in [-0.4, -0.2) is 48.8 Å². The van der Waals surface area contributed by atoms with Crippen molar-refractivity contribution in [3.8, 4) is 0 Å². The van der Waals surface area contributed by atoms with E-state index >= 15 is 0 Å². The molecule has 2 heterocycles. The minimum Gasteiger partial charge on any atom is -0.872 e. The highest BCUT2D eigenvalue weighted by atomic mass is 35.5. The lowest BCUT2D eigenvalue weighted by molar-refractivity contribution is -0.857. The molecule has 2 aromatic rings. The summed E-state index contributed by atoms with van der Waals surface area (Å²) in [5.74, 6) is -1.84.